The summed E-state index contributed by atoms with van der Waals surface area (Å²) >= 11 is 0. The molecule has 8 nitrogen and oxygen atoms in total. The SMILES string of the molecule is C[C@@H]1C[C@@]2(O[C@H]2C)C(=O)O[C@@H]2CCNC/C=C(/COC(=O)[C@]1(C)O)C2=O. The Morgan fingerprint density at radius 1 is 1.23 bits per heavy atom. The van der Waals surface area contributed by atoms with E-state index >= 15 is 0 Å². The number of Topliss-reactive ketones (excluding diaryl/α,β-unsaturated/α-hetero) is 1. The third-order valence-electron chi connectivity index (χ3n) is 5.61. The van der Waals surface area contributed by atoms with Crippen LogP contribution in [0, 0.1) is 5.92 Å². The first kappa shape index (κ1) is 19.0. The molecule has 2 fully saturated rings. The van der Waals surface area contributed by atoms with Crippen molar-refractivity contribution < 1.29 is 33.7 Å². The van der Waals surface area contributed by atoms with Crippen molar-refractivity contribution in [2.75, 3.05) is 19.7 Å². The lowest BCUT2D eigenvalue weighted by molar-refractivity contribution is -0.173. The van der Waals surface area contributed by atoms with Crippen LogP contribution in [0.2, 0.25) is 0 Å². The molecule has 1 spiro atoms. The molecule has 2 saturated heterocycles. The number of ketones is 1. The fraction of sp³-hybridized carbons (Fsp3) is 0.722. The molecule has 8 heteroatoms. The number of ether oxygens (including phenoxy) is 3. The van der Waals surface area contributed by atoms with Crippen LogP contribution in [-0.2, 0) is 28.6 Å². The summed E-state index contributed by atoms with van der Waals surface area (Å²) in [7, 11) is 0. The second-order valence-electron chi connectivity index (χ2n) is 7.46. The Bertz CT molecular complexity index is 656. The van der Waals surface area contributed by atoms with Crippen molar-refractivity contribution in [3.8, 4) is 0 Å². The van der Waals surface area contributed by atoms with E-state index in [4.69, 9.17) is 14.2 Å². The van der Waals surface area contributed by atoms with Gasteiger partial charge >= 0.3 is 11.9 Å². The molecule has 2 bridgehead atoms. The van der Waals surface area contributed by atoms with Gasteiger partial charge in [-0.15, -0.1) is 0 Å². The monoisotopic (exact) mass is 367 g/mol. The first-order valence-electron chi connectivity index (χ1n) is 8.91. The van der Waals surface area contributed by atoms with E-state index in [1.54, 1.807) is 19.9 Å². The number of carbonyl (C=O) groups excluding carboxylic acids is 3. The van der Waals surface area contributed by atoms with Gasteiger partial charge in [0.1, 0.15) is 6.61 Å². The summed E-state index contributed by atoms with van der Waals surface area (Å²) in [6.45, 7) is 5.41. The molecule has 144 valence electrons. The minimum Gasteiger partial charge on any atom is -0.459 e. The van der Waals surface area contributed by atoms with Crippen LogP contribution in [0.4, 0.5) is 0 Å². The molecule has 0 amide bonds. The second kappa shape index (κ2) is 6.75. The Hall–Kier alpha value is -1.77. The fourth-order valence-electron chi connectivity index (χ4n) is 3.38. The van der Waals surface area contributed by atoms with Gasteiger partial charge in [0.05, 0.1) is 6.10 Å². The van der Waals surface area contributed by atoms with Gasteiger partial charge in [-0.25, -0.2) is 9.59 Å². The summed E-state index contributed by atoms with van der Waals surface area (Å²) in [6, 6.07) is 0. The Labute approximate surface area is 151 Å². The zero-order valence-electron chi connectivity index (χ0n) is 15.2. The van der Waals surface area contributed by atoms with Crippen LogP contribution in [0.15, 0.2) is 11.6 Å². The highest BCUT2D eigenvalue weighted by molar-refractivity contribution is 6.01. The number of carbonyl (C=O) groups is 3. The van der Waals surface area contributed by atoms with Crippen LogP contribution in [-0.4, -0.2) is 65.9 Å². The van der Waals surface area contributed by atoms with Gasteiger partial charge in [-0.2, -0.15) is 0 Å². The maximum atomic E-state index is 12.8. The number of rotatable bonds is 0. The highest BCUT2D eigenvalue weighted by Crippen LogP contribution is 2.45. The Morgan fingerprint density at radius 2 is 1.92 bits per heavy atom. The smallest absolute Gasteiger partial charge is 0.341 e. The summed E-state index contributed by atoms with van der Waals surface area (Å²) in [5, 5.41) is 13.7. The van der Waals surface area contributed by atoms with E-state index in [2.05, 4.69) is 5.32 Å². The largest absolute Gasteiger partial charge is 0.459 e. The van der Waals surface area contributed by atoms with Gasteiger partial charge in [0.2, 0.25) is 5.78 Å². The molecular weight excluding hydrogens is 342 g/mol. The molecule has 26 heavy (non-hydrogen) atoms. The van der Waals surface area contributed by atoms with Gasteiger partial charge in [0, 0.05) is 18.5 Å². The maximum absolute atomic E-state index is 12.8. The first-order valence-corrected chi connectivity index (χ1v) is 8.91. The summed E-state index contributed by atoms with van der Waals surface area (Å²) < 4.78 is 16.2. The van der Waals surface area contributed by atoms with Crippen LogP contribution in [0.5, 0.6) is 0 Å². The van der Waals surface area contributed by atoms with Gasteiger partial charge in [-0.1, -0.05) is 13.0 Å². The van der Waals surface area contributed by atoms with E-state index in [1.807, 2.05) is 0 Å². The molecule has 0 aromatic rings. The van der Waals surface area contributed by atoms with E-state index in [0.717, 1.165) is 0 Å². The zero-order chi connectivity index (χ0) is 19.1. The van der Waals surface area contributed by atoms with Crippen molar-refractivity contribution in [2.45, 2.75) is 57.0 Å². The molecular formula is C18H25NO7. The predicted molar refractivity (Wildman–Crippen MR) is 89.1 cm³/mol. The molecule has 3 rings (SSSR count). The molecule has 0 radical (unpaired) electrons. The number of hydrogen-bond donors (Lipinski definition) is 2. The highest BCUT2D eigenvalue weighted by atomic mass is 16.7. The van der Waals surface area contributed by atoms with E-state index in [-0.39, 0.29) is 24.4 Å². The molecule has 0 aliphatic carbocycles. The Kier molecular flexibility index (Phi) is 4.94. The minimum absolute atomic E-state index is 0.0942. The number of nitrogens with one attached hydrogen (secondary N) is 1. The van der Waals surface area contributed by atoms with Crippen molar-refractivity contribution in [3.63, 3.8) is 0 Å². The van der Waals surface area contributed by atoms with Crippen LogP contribution < -0.4 is 5.32 Å². The third-order valence-corrected chi connectivity index (χ3v) is 5.61. The molecule has 3 aliphatic heterocycles. The van der Waals surface area contributed by atoms with Crippen molar-refractivity contribution in [3.05, 3.63) is 11.6 Å². The Morgan fingerprint density at radius 3 is 2.58 bits per heavy atom. The van der Waals surface area contributed by atoms with Gasteiger partial charge < -0.3 is 24.6 Å². The third kappa shape index (κ3) is 3.28. The summed E-state index contributed by atoms with van der Waals surface area (Å²) in [4.78, 5) is 37.9. The molecule has 2 N–H and O–H groups in total. The van der Waals surface area contributed by atoms with Gasteiger partial charge in [-0.3, -0.25) is 4.79 Å². The molecule has 0 aromatic carbocycles. The predicted octanol–water partition coefficient (Wildman–Crippen LogP) is -0.121. The molecule has 3 heterocycles. The van der Waals surface area contributed by atoms with Crippen molar-refractivity contribution in [1.82, 2.24) is 5.32 Å². The average molecular weight is 367 g/mol. The molecule has 0 unspecified atom stereocenters. The molecule has 0 aromatic heterocycles. The topological polar surface area (TPSA) is 114 Å². The van der Waals surface area contributed by atoms with Crippen molar-refractivity contribution >= 4 is 17.7 Å². The number of aliphatic hydroxyl groups is 1. The summed E-state index contributed by atoms with van der Waals surface area (Å²) in [5.74, 6) is -2.45. The molecule has 3 aliphatic rings. The summed E-state index contributed by atoms with van der Waals surface area (Å²) in [5.41, 5.74) is -2.82. The number of hydrogen-bond acceptors (Lipinski definition) is 8. The summed E-state index contributed by atoms with van der Waals surface area (Å²) in [6.07, 6.45) is 0.670. The first-order chi connectivity index (χ1) is 12.2. The number of esters is 2. The van der Waals surface area contributed by atoms with E-state index < -0.39 is 41.3 Å². The second-order valence-corrected chi connectivity index (χ2v) is 7.46. The van der Waals surface area contributed by atoms with Gasteiger partial charge in [0.15, 0.2) is 17.3 Å². The number of cyclic esters (lactones) is 1. The lowest BCUT2D eigenvalue weighted by atomic mass is 9.82. The standard InChI is InChI=1S/C18H25NO7/c1-10-8-18(11(2)26-18)16(22)25-13-5-7-19-6-4-12(14(13)20)9-24-15(21)17(10,3)23/h4,10-11,13,19,23H,5-9H2,1-3H3/b12-4-/t10-,11+,13-,17-,18+/m1/s1. The van der Waals surface area contributed by atoms with Crippen LogP contribution in [0.3, 0.4) is 0 Å². The van der Waals surface area contributed by atoms with E-state index in [0.29, 0.717) is 19.5 Å². The fourth-order valence-corrected chi connectivity index (χ4v) is 3.38. The normalized spacial score (nSPS) is 43.8. The molecule has 0 saturated carbocycles. The lowest BCUT2D eigenvalue weighted by Gasteiger charge is -2.31. The van der Waals surface area contributed by atoms with Gasteiger partial charge in [0.25, 0.3) is 0 Å². The van der Waals surface area contributed by atoms with Crippen LogP contribution in [0.25, 0.3) is 0 Å². The van der Waals surface area contributed by atoms with Crippen molar-refractivity contribution in [2.24, 2.45) is 5.92 Å². The van der Waals surface area contributed by atoms with E-state index in [9.17, 15) is 19.5 Å². The average Bonchev–Trinajstić information content (AvgIpc) is 3.23. The highest BCUT2D eigenvalue weighted by Gasteiger charge is 2.63. The van der Waals surface area contributed by atoms with Crippen LogP contribution in [0.1, 0.15) is 33.6 Å². The zero-order valence-corrected chi connectivity index (χ0v) is 15.2. The number of epoxide rings is 1. The van der Waals surface area contributed by atoms with Crippen LogP contribution >= 0.6 is 0 Å². The van der Waals surface area contributed by atoms with E-state index in [1.165, 1.54) is 6.92 Å². The van der Waals surface area contributed by atoms with Gasteiger partial charge in [-0.05, 0) is 32.7 Å². The lowest BCUT2D eigenvalue weighted by Crippen LogP contribution is -2.48. The molecule has 5 atom stereocenters. The number of fused-ring (bicyclic) bond motifs is 2. The maximum Gasteiger partial charge on any atom is 0.341 e. The Balaban J connectivity index is 1.96. The minimum atomic E-state index is -1.82. The van der Waals surface area contributed by atoms with Crippen molar-refractivity contribution in [1.29, 1.82) is 0 Å². The quantitative estimate of drug-likeness (QED) is 0.450.